The van der Waals surface area contributed by atoms with Gasteiger partial charge in [-0.05, 0) is 31.4 Å². The van der Waals surface area contributed by atoms with Gasteiger partial charge < -0.3 is 10.4 Å². The third kappa shape index (κ3) is 4.35. The summed E-state index contributed by atoms with van der Waals surface area (Å²) in [5.41, 5.74) is 4.61. The highest BCUT2D eigenvalue weighted by Crippen LogP contribution is 2.18. The molecular formula is C21H23N5O2. The molecule has 2 N–H and O–H groups in total. The van der Waals surface area contributed by atoms with Crippen LogP contribution in [0.3, 0.4) is 0 Å². The summed E-state index contributed by atoms with van der Waals surface area (Å²) in [7, 11) is 0. The van der Waals surface area contributed by atoms with Gasteiger partial charge in [0.05, 0.1) is 12.3 Å². The molecule has 1 amide bonds. The number of carbonyl (C=O) groups is 1. The minimum atomic E-state index is -0.624. The van der Waals surface area contributed by atoms with E-state index >= 15 is 0 Å². The van der Waals surface area contributed by atoms with Gasteiger partial charge in [-0.25, -0.2) is 9.50 Å². The Balaban J connectivity index is 1.56. The van der Waals surface area contributed by atoms with Crippen molar-refractivity contribution in [2.24, 2.45) is 0 Å². The smallest absolute Gasteiger partial charge is 0.220 e. The van der Waals surface area contributed by atoms with E-state index in [0.717, 1.165) is 22.5 Å². The molecule has 1 aromatic carbocycles. The van der Waals surface area contributed by atoms with Crippen LogP contribution in [0.2, 0.25) is 0 Å². The fourth-order valence-electron chi connectivity index (χ4n) is 3.27. The number of carbonyl (C=O) groups excluding carboxylic acids is 1. The molecule has 0 saturated carbocycles. The third-order valence-corrected chi connectivity index (χ3v) is 4.78. The van der Waals surface area contributed by atoms with Crippen molar-refractivity contribution in [1.82, 2.24) is 19.9 Å². The van der Waals surface area contributed by atoms with Gasteiger partial charge in [0.25, 0.3) is 0 Å². The second kappa shape index (κ2) is 8.63. The highest BCUT2D eigenvalue weighted by atomic mass is 16.3. The summed E-state index contributed by atoms with van der Waals surface area (Å²) in [5, 5.41) is 26.2. The second-order valence-corrected chi connectivity index (χ2v) is 6.81. The largest absolute Gasteiger partial charge is 0.391 e. The topological polar surface area (TPSA) is 103 Å². The molecular weight excluding hydrogens is 354 g/mol. The molecule has 7 nitrogen and oxygen atoms in total. The molecule has 0 fully saturated rings. The van der Waals surface area contributed by atoms with Crippen molar-refractivity contribution in [3.8, 4) is 6.07 Å². The number of aromatic nitrogens is 3. The standard InChI is InChI=1S/C21H23N5O2/c1-14-19(15(2)26-21(25-14)17(11-22)12-24-26)8-9-20(28)23-13-18(27)10-16-6-4-3-5-7-16/h3-7,12,18,27H,8-10,13H2,1-2H3,(H,23,28). The van der Waals surface area contributed by atoms with Gasteiger partial charge in [-0.15, -0.1) is 0 Å². The van der Waals surface area contributed by atoms with Crippen molar-refractivity contribution >= 4 is 11.6 Å². The van der Waals surface area contributed by atoms with Crippen LogP contribution in [0.15, 0.2) is 36.5 Å². The monoisotopic (exact) mass is 377 g/mol. The Labute approximate surface area is 163 Å². The van der Waals surface area contributed by atoms with Crippen LogP contribution in [0.4, 0.5) is 0 Å². The molecule has 7 heteroatoms. The number of aliphatic hydroxyl groups excluding tert-OH is 1. The molecule has 2 aromatic heterocycles. The van der Waals surface area contributed by atoms with E-state index in [1.165, 1.54) is 6.20 Å². The van der Waals surface area contributed by atoms with Crippen molar-refractivity contribution < 1.29 is 9.90 Å². The second-order valence-electron chi connectivity index (χ2n) is 6.81. The third-order valence-electron chi connectivity index (χ3n) is 4.78. The summed E-state index contributed by atoms with van der Waals surface area (Å²) in [6.07, 6.45) is 2.18. The van der Waals surface area contributed by atoms with Crippen LogP contribution in [0.5, 0.6) is 0 Å². The van der Waals surface area contributed by atoms with E-state index in [-0.39, 0.29) is 12.5 Å². The maximum absolute atomic E-state index is 12.2. The van der Waals surface area contributed by atoms with E-state index in [9.17, 15) is 9.90 Å². The molecule has 0 bridgehead atoms. The molecule has 0 radical (unpaired) electrons. The van der Waals surface area contributed by atoms with Crippen LogP contribution in [-0.2, 0) is 17.6 Å². The molecule has 0 aliphatic rings. The SMILES string of the molecule is Cc1nc2c(C#N)cnn2c(C)c1CCC(=O)NCC(O)Cc1ccccc1. The van der Waals surface area contributed by atoms with Gasteiger partial charge in [0.2, 0.25) is 5.91 Å². The van der Waals surface area contributed by atoms with Crippen molar-refractivity contribution in [3.05, 3.63) is 64.6 Å². The number of amides is 1. The summed E-state index contributed by atoms with van der Waals surface area (Å²) in [6, 6.07) is 11.8. The summed E-state index contributed by atoms with van der Waals surface area (Å²) in [4.78, 5) is 16.7. The number of rotatable bonds is 7. The molecule has 144 valence electrons. The Hall–Kier alpha value is -3.24. The van der Waals surface area contributed by atoms with Gasteiger partial charge in [-0.1, -0.05) is 30.3 Å². The molecule has 0 saturated heterocycles. The van der Waals surface area contributed by atoms with Crippen molar-refractivity contribution in [3.63, 3.8) is 0 Å². The summed E-state index contributed by atoms with van der Waals surface area (Å²) >= 11 is 0. The fraction of sp³-hybridized carbons (Fsp3) is 0.333. The van der Waals surface area contributed by atoms with Crippen LogP contribution < -0.4 is 5.32 Å². The van der Waals surface area contributed by atoms with Crippen LogP contribution >= 0.6 is 0 Å². The van der Waals surface area contributed by atoms with Crippen LogP contribution in [-0.4, -0.2) is 38.3 Å². The number of fused-ring (bicyclic) bond motifs is 1. The molecule has 0 aliphatic heterocycles. The predicted molar refractivity (Wildman–Crippen MR) is 105 cm³/mol. The molecule has 0 spiro atoms. The number of hydrogen-bond donors (Lipinski definition) is 2. The van der Waals surface area contributed by atoms with Crippen LogP contribution in [0.1, 0.15) is 34.5 Å². The first-order valence-corrected chi connectivity index (χ1v) is 9.22. The van der Waals surface area contributed by atoms with E-state index in [1.54, 1.807) is 4.52 Å². The molecule has 0 aliphatic carbocycles. The average molecular weight is 377 g/mol. The predicted octanol–water partition coefficient (Wildman–Crippen LogP) is 1.87. The minimum absolute atomic E-state index is 0.121. The highest BCUT2D eigenvalue weighted by molar-refractivity contribution is 5.76. The van der Waals surface area contributed by atoms with Crippen molar-refractivity contribution in [2.45, 2.75) is 39.2 Å². The summed E-state index contributed by atoms with van der Waals surface area (Å²) < 4.78 is 1.64. The number of nitrogens with zero attached hydrogens (tertiary/aromatic N) is 4. The Morgan fingerprint density at radius 2 is 2.07 bits per heavy atom. The minimum Gasteiger partial charge on any atom is -0.391 e. The van der Waals surface area contributed by atoms with Gasteiger partial charge in [-0.3, -0.25) is 4.79 Å². The number of hydrogen-bond acceptors (Lipinski definition) is 5. The molecule has 1 atom stereocenters. The maximum Gasteiger partial charge on any atom is 0.220 e. The maximum atomic E-state index is 12.2. The van der Waals surface area contributed by atoms with Crippen LogP contribution in [0, 0.1) is 25.2 Å². The van der Waals surface area contributed by atoms with Gasteiger partial charge in [0, 0.05) is 30.8 Å². The zero-order chi connectivity index (χ0) is 20.1. The van der Waals surface area contributed by atoms with Gasteiger partial charge in [-0.2, -0.15) is 10.4 Å². The zero-order valence-corrected chi connectivity index (χ0v) is 16.0. The van der Waals surface area contributed by atoms with Crippen molar-refractivity contribution in [2.75, 3.05) is 6.54 Å². The van der Waals surface area contributed by atoms with E-state index in [4.69, 9.17) is 5.26 Å². The van der Waals surface area contributed by atoms with Gasteiger partial charge in [0.15, 0.2) is 5.65 Å². The van der Waals surface area contributed by atoms with E-state index in [0.29, 0.717) is 30.5 Å². The van der Waals surface area contributed by atoms with Crippen LogP contribution in [0.25, 0.3) is 5.65 Å². The number of aliphatic hydroxyl groups is 1. The Bertz CT molecular complexity index is 1020. The fourth-order valence-corrected chi connectivity index (χ4v) is 3.27. The quantitative estimate of drug-likeness (QED) is 0.654. The highest BCUT2D eigenvalue weighted by Gasteiger charge is 2.15. The van der Waals surface area contributed by atoms with Crippen molar-refractivity contribution in [1.29, 1.82) is 5.26 Å². The first kappa shape index (κ1) is 19.5. The first-order chi connectivity index (χ1) is 13.5. The van der Waals surface area contributed by atoms with E-state index in [2.05, 4.69) is 21.5 Å². The zero-order valence-electron chi connectivity index (χ0n) is 16.0. The average Bonchev–Trinajstić information content (AvgIpc) is 3.10. The molecule has 3 rings (SSSR count). The number of nitriles is 1. The Morgan fingerprint density at radius 3 is 2.79 bits per heavy atom. The molecule has 28 heavy (non-hydrogen) atoms. The summed E-state index contributed by atoms with van der Waals surface area (Å²) in [5.74, 6) is -0.121. The first-order valence-electron chi connectivity index (χ1n) is 9.22. The normalized spacial score (nSPS) is 11.9. The molecule has 3 aromatic rings. The lowest BCUT2D eigenvalue weighted by molar-refractivity contribution is -0.121. The summed E-state index contributed by atoms with van der Waals surface area (Å²) in [6.45, 7) is 4.00. The molecule has 1 unspecified atom stereocenters. The molecule has 2 heterocycles. The number of nitrogens with one attached hydrogen (secondary N) is 1. The Morgan fingerprint density at radius 1 is 1.32 bits per heavy atom. The van der Waals surface area contributed by atoms with Gasteiger partial charge in [0.1, 0.15) is 11.6 Å². The van der Waals surface area contributed by atoms with E-state index < -0.39 is 6.10 Å². The number of benzene rings is 1. The lowest BCUT2D eigenvalue weighted by atomic mass is 10.1. The van der Waals surface area contributed by atoms with Gasteiger partial charge >= 0.3 is 0 Å². The Kier molecular flexibility index (Phi) is 6.02. The van der Waals surface area contributed by atoms with E-state index in [1.807, 2.05) is 44.2 Å². The lowest BCUT2D eigenvalue weighted by Crippen LogP contribution is -2.33. The number of aryl methyl sites for hydroxylation is 2. The lowest BCUT2D eigenvalue weighted by Gasteiger charge is -2.13.